The number of nitrogens with zero attached hydrogens (tertiary/aromatic N) is 2. The number of imide groups is 2. The fourth-order valence-electron chi connectivity index (χ4n) is 7.50. The summed E-state index contributed by atoms with van der Waals surface area (Å²) < 4.78 is 19.7. The van der Waals surface area contributed by atoms with Gasteiger partial charge in [0.15, 0.2) is 9.75 Å². The van der Waals surface area contributed by atoms with Crippen molar-refractivity contribution < 1.29 is 33.4 Å². The number of halogens is 3. The molecule has 4 aliphatic rings. The highest BCUT2D eigenvalue weighted by molar-refractivity contribution is 6.58. The number of allylic oxidation sites excluding steroid dienone is 2. The Labute approximate surface area is 268 Å². The van der Waals surface area contributed by atoms with Gasteiger partial charge < -0.3 is 9.84 Å². The average molecular weight is 650 g/mol. The average Bonchev–Trinajstić information content (AvgIpc) is 3.34. The zero-order valence-electron chi connectivity index (χ0n) is 24.0. The van der Waals surface area contributed by atoms with Crippen LogP contribution in [-0.2, 0) is 25.8 Å². The lowest BCUT2D eigenvalue weighted by atomic mass is 9.56. The molecule has 6 atom stereocenters. The quantitative estimate of drug-likeness (QED) is 0.229. The summed E-state index contributed by atoms with van der Waals surface area (Å²) in [6.45, 7) is 0.243. The highest BCUT2D eigenvalue weighted by atomic mass is 35.5. The minimum Gasteiger partial charge on any atom is -0.508 e. The van der Waals surface area contributed by atoms with E-state index in [0.29, 0.717) is 11.3 Å². The number of anilines is 1. The fourth-order valence-corrected chi connectivity index (χ4v) is 8.43. The lowest BCUT2D eigenvalue weighted by Gasteiger charge is -2.50. The van der Waals surface area contributed by atoms with E-state index in [4.69, 9.17) is 27.9 Å². The number of ether oxygens (including phenoxy) is 1. The van der Waals surface area contributed by atoms with Crippen molar-refractivity contribution >= 4 is 52.5 Å². The first-order valence-electron chi connectivity index (χ1n) is 14.5. The minimum absolute atomic E-state index is 0.0789. The van der Waals surface area contributed by atoms with Crippen LogP contribution in [0.2, 0.25) is 0 Å². The third-order valence-electron chi connectivity index (χ3n) is 9.68. The number of likely N-dealkylation sites (tertiary alicyclic amines) is 1. The molecule has 0 aromatic heterocycles. The van der Waals surface area contributed by atoms with Crippen LogP contribution in [0.3, 0.4) is 0 Å². The number of hydrogen-bond acceptors (Lipinski definition) is 6. The molecule has 2 heterocycles. The number of amides is 4. The number of aromatic hydroxyl groups is 1. The third-order valence-corrected chi connectivity index (χ3v) is 11.1. The summed E-state index contributed by atoms with van der Waals surface area (Å²) >= 11 is 14.6. The van der Waals surface area contributed by atoms with Crippen LogP contribution >= 0.6 is 23.2 Å². The second-order valence-corrected chi connectivity index (χ2v) is 13.2. The standard InChI is InChI=1S/C34H27Cl2FN2O6/c1-38-29(41)24-14-13-22-25(27(24)30(38)42)16-33(35)31(43)39(20-9-7-19(37)8-10-20)32(44)34(33,36)28(22)23-12-11-21(15-26(23)40)45-17-18-5-3-2-4-6-18/h2-13,15,24-25,27-28,40H,14,16-17H2,1H3/t24-,25+,27-,28+,33+,34-/m0/s1. The van der Waals surface area contributed by atoms with E-state index < -0.39 is 57.0 Å². The predicted molar refractivity (Wildman–Crippen MR) is 163 cm³/mol. The molecule has 1 N–H and O–H groups in total. The molecule has 7 rings (SSSR count). The Balaban J connectivity index is 1.36. The Kier molecular flexibility index (Phi) is 6.83. The molecule has 4 amide bonds. The van der Waals surface area contributed by atoms with Crippen molar-refractivity contribution in [2.24, 2.45) is 17.8 Å². The van der Waals surface area contributed by atoms with E-state index in [1.807, 2.05) is 30.3 Å². The molecule has 230 valence electrons. The van der Waals surface area contributed by atoms with Gasteiger partial charge in [0.25, 0.3) is 11.8 Å². The molecule has 3 aromatic rings. The molecule has 0 bridgehead atoms. The van der Waals surface area contributed by atoms with Gasteiger partial charge in [0.1, 0.15) is 23.9 Å². The van der Waals surface area contributed by atoms with E-state index in [1.54, 1.807) is 18.2 Å². The molecule has 8 nitrogen and oxygen atoms in total. The molecule has 1 saturated carbocycles. The van der Waals surface area contributed by atoms with Gasteiger partial charge in [0.2, 0.25) is 11.8 Å². The maximum Gasteiger partial charge on any atom is 0.258 e. The molecule has 0 radical (unpaired) electrons. The summed E-state index contributed by atoms with van der Waals surface area (Å²) in [7, 11) is 1.42. The van der Waals surface area contributed by atoms with Crippen LogP contribution in [0.5, 0.6) is 11.5 Å². The van der Waals surface area contributed by atoms with Crippen LogP contribution in [0, 0.1) is 23.6 Å². The molecule has 3 fully saturated rings. The van der Waals surface area contributed by atoms with E-state index in [1.165, 1.54) is 25.2 Å². The van der Waals surface area contributed by atoms with Crippen LogP contribution in [0.25, 0.3) is 0 Å². The maximum atomic E-state index is 14.4. The fraction of sp³-hybridized carbons (Fsp3) is 0.294. The Bertz CT molecular complexity index is 1800. The van der Waals surface area contributed by atoms with Crippen molar-refractivity contribution in [3.63, 3.8) is 0 Å². The Hall–Kier alpha value is -4.21. The Morgan fingerprint density at radius 3 is 2.33 bits per heavy atom. The normalized spacial score (nSPS) is 30.6. The summed E-state index contributed by atoms with van der Waals surface area (Å²) in [5.74, 6) is -6.20. The number of hydrogen-bond donors (Lipinski definition) is 1. The monoisotopic (exact) mass is 648 g/mol. The van der Waals surface area contributed by atoms with Gasteiger partial charge in [-0.05, 0) is 54.7 Å². The zero-order chi connectivity index (χ0) is 31.8. The van der Waals surface area contributed by atoms with Crippen LogP contribution in [0.15, 0.2) is 84.4 Å². The topological polar surface area (TPSA) is 104 Å². The Morgan fingerprint density at radius 1 is 0.933 bits per heavy atom. The van der Waals surface area contributed by atoms with Gasteiger partial charge in [0.05, 0.1) is 17.5 Å². The number of rotatable bonds is 5. The van der Waals surface area contributed by atoms with Crippen molar-refractivity contribution in [3.8, 4) is 11.5 Å². The van der Waals surface area contributed by atoms with Crippen molar-refractivity contribution in [2.45, 2.75) is 35.1 Å². The molecule has 0 spiro atoms. The molecular weight excluding hydrogens is 622 g/mol. The van der Waals surface area contributed by atoms with Gasteiger partial charge in [-0.2, -0.15) is 0 Å². The number of benzene rings is 3. The molecule has 3 aromatic carbocycles. The summed E-state index contributed by atoms with van der Waals surface area (Å²) in [4.78, 5) is 52.7. The first kappa shape index (κ1) is 29.5. The lowest BCUT2D eigenvalue weighted by Crippen LogP contribution is -2.60. The molecular formula is C34H27Cl2FN2O6. The van der Waals surface area contributed by atoms with Crippen molar-refractivity contribution in [2.75, 3.05) is 11.9 Å². The van der Waals surface area contributed by atoms with Crippen LogP contribution in [0.1, 0.15) is 29.9 Å². The molecule has 45 heavy (non-hydrogen) atoms. The summed E-state index contributed by atoms with van der Waals surface area (Å²) in [6, 6.07) is 18.9. The van der Waals surface area contributed by atoms with Gasteiger partial charge >= 0.3 is 0 Å². The number of phenols is 1. The zero-order valence-corrected chi connectivity index (χ0v) is 25.5. The van der Waals surface area contributed by atoms with Crippen LogP contribution in [0.4, 0.5) is 10.1 Å². The lowest BCUT2D eigenvalue weighted by molar-refractivity contribution is -0.138. The number of alkyl halides is 2. The summed E-state index contributed by atoms with van der Waals surface area (Å²) in [5, 5.41) is 11.4. The number of carbonyl (C=O) groups excluding carboxylic acids is 4. The van der Waals surface area contributed by atoms with E-state index in [9.17, 15) is 28.7 Å². The van der Waals surface area contributed by atoms with Gasteiger partial charge in [-0.25, -0.2) is 9.29 Å². The van der Waals surface area contributed by atoms with Crippen molar-refractivity contribution in [1.29, 1.82) is 0 Å². The molecule has 11 heteroatoms. The predicted octanol–water partition coefficient (Wildman–Crippen LogP) is 5.30. The van der Waals surface area contributed by atoms with E-state index in [2.05, 4.69) is 0 Å². The number of carbonyl (C=O) groups is 4. The van der Waals surface area contributed by atoms with Crippen LogP contribution in [-0.4, -0.2) is 50.4 Å². The minimum atomic E-state index is -2.14. The van der Waals surface area contributed by atoms with Gasteiger partial charge in [-0.1, -0.05) is 48.0 Å². The molecule has 2 saturated heterocycles. The highest BCUT2D eigenvalue weighted by Crippen LogP contribution is 2.66. The van der Waals surface area contributed by atoms with Gasteiger partial charge in [-0.3, -0.25) is 24.1 Å². The molecule has 0 unspecified atom stereocenters. The second-order valence-electron chi connectivity index (χ2n) is 12.0. The maximum absolute atomic E-state index is 14.4. The van der Waals surface area contributed by atoms with E-state index >= 15 is 0 Å². The number of fused-ring (bicyclic) bond motifs is 4. The first-order valence-corrected chi connectivity index (χ1v) is 15.3. The van der Waals surface area contributed by atoms with Crippen LogP contribution < -0.4 is 9.64 Å². The Morgan fingerprint density at radius 2 is 1.64 bits per heavy atom. The SMILES string of the molecule is CN1C(=O)[C@H]2[C@H](CC=C3[C@H]2C[C@@]2(Cl)C(=O)N(c4ccc(F)cc4)C(=O)[C@@]2(Cl)[C@H]3c2ccc(OCc3ccccc3)cc2O)C1=O. The van der Waals surface area contributed by atoms with Crippen molar-refractivity contribution in [3.05, 3.63) is 101 Å². The highest BCUT2D eigenvalue weighted by Gasteiger charge is 2.76. The van der Waals surface area contributed by atoms with Crippen molar-refractivity contribution in [1.82, 2.24) is 4.90 Å². The molecule has 2 aliphatic heterocycles. The molecule has 2 aliphatic carbocycles. The van der Waals surface area contributed by atoms with E-state index in [0.717, 1.165) is 27.5 Å². The largest absolute Gasteiger partial charge is 0.508 e. The second kappa shape index (κ2) is 10.4. The summed E-state index contributed by atoms with van der Waals surface area (Å²) in [5.41, 5.74) is 1.76. The first-order chi connectivity index (χ1) is 21.5. The number of phenolic OH excluding ortho intramolecular Hbond substituents is 1. The van der Waals surface area contributed by atoms with Gasteiger partial charge in [-0.15, -0.1) is 23.2 Å². The van der Waals surface area contributed by atoms with Gasteiger partial charge in [0, 0.05) is 24.6 Å². The summed E-state index contributed by atoms with van der Waals surface area (Å²) in [6.07, 6.45) is 1.81. The van der Waals surface area contributed by atoms with E-state index in [-0.39, 0.29) is 42.4 Å². The third kappa shape index (κ3) is 4.17. The smallest absolute Gasteiger partial charge is 0.258 e.